The van der Waals surface area contributed by atoms with Crippen molar-refractivity contribution >= 4 is 27.5 Å². The first-order valence-corrected chi connectivity index (χ1v) is 10.9. The zero-order valence-corrected chi connectivity index (χ0v) is 18.0. The van der Waals surface area contributed by atoms with Crippen LogP contribution in [0.5, 0.6) is 11.5 Å². The van der Waals surface area contributed by atoms with Crippen LogP contribution in [0.4, 0.5) is 4.39 Å². The molecule has 0 radical (unpaired) electrons. The van der Waals surface area contributed by atoms with Gasteiger partial charge in [0.15, 0.2) is 11.5 Å². The van der Waals surface area contributed by atoms with Crippen LogP contribution in [0.1, 0.15) is 11.1 Å². The number of nitriles is 1. The maximum atomic E-state index is 13.3. The summed E-state index contributed by atoms with van der Waals surface area (Å²) in [7, 11) is -2.59. The molecule has 5 nitrogen and oxygen atoms in total. The lowest BCUT2D eigenvalue weighted by molar-refractivity contribution is 0.284. The Morgan fingerprint density at radius 3 is 2.52 bits per heavy atom. The normalized spacial score (nSPS) is 11.6. The van der Waals surface area contributed by atoms with E-state index < -0.39 is 20.6 Å². The van der Waals surface area contributed by atoms with E-state index >= 15 is 0 Å². The quantitative estimate of drug-likeness (QED) is 0.443. The molecule has 0 aliphatic carbocycles. The molecule has 0 spiro atoms. The van der Waals surface area contributed by atoms with Gasteiger partial charge in [0.05, 0.1) is 17.0 Å². The van der Waals surface area contributed by atoms with E-state index in [-0.39, 0.29) is 22.3 Å². The summed E-state index contributed by atoms with van der Waals surface area (Å²) < 4.78 is 50.2. The average molecular weight is 458 g/mol. The standard InChI is InChI=1S/C23H17ClFNO4S/c1-29-22-9-5-6-16(23(22)30-15-17-10-11-18(25)13-21(17)24)12-20(14-26)31(27,28)19-7-3-2-4-8-19/h2-13H,15H2,1H3/b20-12+. The molecule has 0 saturated heterocycles. The van der Waals surface area contributed by atoms with Crippen LogP contribution in [0.2, 0.25) is 5.02 Å². The molecule has 3 aromatic carbocycles. The minimum Gasteiger partial charge on any atom is -0.493 e. The summed E-state index contributed by atoms with van der Waals surface area (Å²) in [4.78, 5) is -0.442. The smallest absolute Gasteiger partial charge is 0.216 e. The Balaban J connectivity index is 2.02. The predicted octanol–water partition coefficient (Wildman–Crippen LogP) is 5.41. The van der Waals surface area contributed by atoms with Crippen molar-refractivity contribution in [3.63, 3.8) is 0 Å². The van der Waals surface area contributed by atoms with Crippen molar-refractivity contribution in [3.05, 3.63) is 93.6 Å². The third-order valence-electron chi connectivity index (χ3n) is 4.36. The van der Waals surface area contributed by atoms with E-state index in [2.05, 4.69) is 0 Å². The number of methoxy groups -OCH3 is 1. The highest BCUT2D eigenvalue weighted by atomic mass is 35.5. The molecule has 158 valence electrons. The van der Waals surface area contributed by atoms with Crippen LogP contribution in [-0.2, 0) is 16.4 Å². The largest absolute Gasteiger partial charge is 0.493 e. The van der Waals surface area contributed by atoms with Gasteiger partial charge >= 0.3 is 0 Å². The van der Waals surface area contributed by atoms with Gasteiger partial charge < -0.3 is 9.47 Å². The van der Waals surface area contributed by atoms with E-state index in [1.165, 1.54) is 43.5 Å². The Labute approximate surface area is 184 Å². The lowest BCUT2D eigenvalue weighted by Gasteiger charge is -2.14. The summed E-state index contributed by atoms with van der Waals surface area (Å²) in [5, 5.41) is 9.74. The molecule has 0 aliphatic heterocycles. The molecule has 0 unspecified atom stereocenters. The molecule has 0 N–H and O–H groups in total. The number of rotatable bonds is 7. The Hall–Kier alpha value is -3.34. The molecule has 0 heterocycles. The number of hydrogen-bond donors (Lipinski definition) is 0. The Bertz CT molecular complexity index is 1270. The number of halogens is 2. The van der Waals surface area contributed by atoms with Crippen molar-refractivity contribution in [1.82, 2.24) is 0 Å². The van der Waals surface area contributed by atoms with E-state index in [4.69, 9.17) is 21.1 Å². The van der Waals surface area contributed by atoms with Crippen molar-refractivity contribution in [3.8, 4) is 17.6 Å². The number of benzene rings is 3. The molecular formula is C23H17ClFNO4S. The maximum Gasteiger partial charge on any atom is 0.216 e. The van der Waals surface area contributed by atoms with Crippen LogP contribution in [0.15, 0.2) is 76.5 Å². The number of nitrogens with zero attached hydrogens (tertiary/aromatic N) is 1. The van der Waals surface area contributed by atoms with Gasteiger partial charge in [-0.2, -0.15) is 5.26 Å². The van der Waals surface area contributed by atoms with Crippen molar-refractivity contribution in [2.24, 2.45) is 0 Å². The lowest BCUT2D eigenvalue weighted by atomic mass is 10.1. The second-order valence-electron chi connectivity index (χ2n) is 6.34. The van der Waals surface area contributed by atoms with Crippen molar-refractivity contribution < 1.29 is 22.3 Å². The van der Waals surface area contributed by atoms with Gasteiger partial charge in [-0.25, -0.2) is 12.8 Å². The molecule has 0 aliphatic rings. The van der Waals surface area contributed by atoms with E-state index in [0.29, 0.717) is 16.9 Å². The molecule has 3 aromatic rings. The molecule has 8 heteroatoms. The molecule has 31 heavy (non-hydrogen) atoms. The van der Waals surface area contributed by atoms with Gasteiger partial charge in [-0.15, -0.1) is 0 Å². The number of allylic oxidation sites excluding steroid dienone is 1. The fraction of sp³-hybridized carbons (Fsp3) is 0.0870. The molecule has 0 aromatic heterocycles. The number of para-hydroxylation sites is 1. The highest BCUT2D eigenvalue weighted by Gasteiger charge is 2.22. The Morgan fingerprint density at radius 1 is 1.13 bits per heavy atom. The molecule has 0 saturated carbocycles. The van der Waals surface area contributed by atoms with Gasteiger partial charge in [-0.3, -0.25) is 0 Å². The number of sulfone groups is 1. The topological polar surface area (TPSA) is 76.4 Å². The minimum atomic E-state index is -4.02. The molecule has 0 fully saturated rings. The van der Waals surface area contributed by atoms with Crippen LogP contribution < -0.4 is 9.47 Å². The van der Waals surface area contributed by atoms with E-state index in [0.717, 1.165) is 0 Å². The third kappa shape index (κ3) is 5.05. The first-order chi connectivity index (χ1) is 14.9. The van der Waals surface area contributed by atoms with Gasteiger partial charge in [-0.05, 0) is 36.4 Å². The minimum absolute atomic E-state index is 0.00579. The number of hydrogen-bond acceptors (Lipinski definition) is 5. The highest BCUT2D eigenvalue weighted by molar-refractivity contribution is 7.95. The van der Waals surface area contributed by atoms with Gasteiger partial charge in [-0.1, -0.05) is 48.0 Å². The Morgan fingerprint density at radius 2 is 1.87 bits per heavy atom. The van der Waals surface area contributed by atoms with Crippen molar-refractivity contribution in [1.29, 1.82) is 5.26 Å². The lowest BCUT2D eigenvalue weighted by Crippen LogP contribution is -2.04. The average Bonchev–Trinajstić information content (AvgIpc) is 2.77. The van der Waals surface area contributed by atoms with Gasteiger partial charge in [0.1, 0.15) is 23.4 Å². The van der Waals surface area contributed by atoms with Crippen LogP contribution in [0, 0.1) is 17.1 Å². The van der Waals surface area contributed by atoms with Crippen LogP contribution >= 0.6 is 11.6 Å². The monoisotopic (exact) mass is 457 g/mol. The van der Waals surface area contributed by atoms with E-state index in [1.807, 2.05) is 0 Å². The zero-order valence-electron chi connectivity index (χ0n) is 16.4. The van der Waals surface area contributed by atoms with E-state index in [9.17, 15) is 18.1 Å². The summed E-state index contributed by atoms with van der Waals surface area (Å²) in [5.74, 6) is 0.0854. The molecule has 0 amide bonds. The predicted molar refractivity (Wildman–Crippen MR) is 116 cm³/mol. The second kappa shape index (κ2) is 9.65. The summed E-state index contributed by atoms with van der Waals surface area (Å²) in [6.07, 6.45) is 1.23. The van der Waals surface area contributed by atoms with Crippen molar-refractivity contribution in [2.75, 3.05) is 7.11 Å². The molecule has 3 rings (SSSR count). The fourth-order valence-electron chi connectivity index (χ4n) is 2.79. The molecule has 0 bridgehead atoms. The van der Waals surface area contributed by atoms with Crippen LogP contribution in [0.3, 0.4) is 0 Å². The molecule has 0 atom stereocenters. The van der Waals surface area contributed by atoms with Gasteiger partial charge in [0.25, 0.3) is 0 Å². The van der Waals surface area contributed by atoms with Gasteiger partial charge in [0, 0.05) is 11.1 Å². The maximum absolute atomic E-state index is 13.3. The van der Waals surface area contributed by atoms with Gasteiger partial charge in [0.2, 0.25) is 9.84 Å². The third-order valence-corrected chi connectivity index (χ3v) is 6.39. The van der Waals surface area contributed by atoms with E-state index in [1.54, 1.807) is 42.5 Å². The molecular weight excluding hydrogens is 441 g/mol. The first-order valence-electron chi connectivity index (χ1n) is 9.02. The first kappa shape index (κ1) is 22.3. The van der Waals surface area contributed by atoms with Crippen molar-refractivity contribution in [2.45, 2.75) is 11.5 Å². The summed E-state index contributed by atoms with van der Waals surface area (Å²) >= 11 is 6.06. The SMILES string of the molecule is COc1cccc(/C=C(\C#N)S(=O)(=O)c2ccccc2)c1OCc1ccc(F)cc1Cl. The zero-order chi connectivity index (χ0) is 22.4. The Kier molecular flexibility index (Phi) is 6.95. The summed E-state index contributed by atoms with van der Waals surface area (Å²) in [5.41, 5.74) is 0.856. The summed E-state index contributed by atoms with van der Waals surface area (Å²) in [6.45, 7) is -0.0202. The van der Waals surface area contributed by atoms with Crippen LogP contribution in [-0.4, -0.2) is 15.5 Å². The van der Waals surface area contributed by atoms with Crippen LogP contribution in [0.25, 0.3) is 6.08 Å². The summed E-state index contributed by atoms with van der Waals surface area (Å²) in [6, 6.07) is 18.2. The second-order valence-corrected chi connectivity index (χ2v) is 8.67. The number of ether oxygens (including phenoxy) is 2. The fourth-order valence-corrected chi connectivity index (χ4v) is 4.18. The highest BCUT2D eigenvalue weighted by Crippen LogP contribution is 2.35.